The zero-order valence-electron chi connectivity index (χ0n) is 16.8. The molecule has 0 saturated heterocycles. The molecule has 2 rings (SSSR count). The number of hydrogen-bond donors (Lipinski definition) is 1. The summed E-state index contributed by atoms with van der Waals surface area (Å²) in [6, 6.07) is 1.91. The summed E-state index contributed by atoms with van der Waals surface area (Å²) in [5, 5.41) is 3.63. The Kier molecular flexibility index (Phi) is 7.27. The molecule has 0 aliphatic heterocycles. The second-order valence-electron chi connectivity index (χ2n) is 8.68. The van der Waals surface area contributed by atoms with Crippen LogP contribution < -0.4 is 5.32 Å². The zero-order chi connectivity index (χ0) is 19.3. The van der Waals surface area contributed by atoms with Crippen molar-refractivity contribution in [2.24, 2.45) is 11.3 Å². The molecule has 0 spiro atoms. The Morgan fingerprint density at radius 2 is 1.96 bits per heavy atom. The van der Waals surface area contributed by atoms with Crippen molar-refractivity contribution in [3.8, 4) is 0 Å². The normalized spacial score (nSPS) is 16.5. The van der Waals surface area contributed by atoms with Gasteiger partial charge in [0, 0.05) is 11.3 Å². The van der Waals surface area contributed by atoms with E-state index in [1.165, 1.54) is 24.2 Å². The Labute approximate surface area is 161 Å². The summed E-state index contributed by atoms with van der Waals surface area (Å²) >= 11 is 1.52. The van der Waals surface area contributed by atoms with Crippen LogP contribution in [0.5, 0.6) is 0 Å². The molecule has 0 bridgehead atoms. The number of esters is 1. The van der Waals surface area contributed by atoms with E-state index in [2.05, 4.69) is 33.0 Å². The second kappa shape index (κ2) is 9.03. The lowest BCUT2D eigenvalue weighted by molar-refractivity contribution is -0.117. The molecular weight excluding hydrogens is 346 g/mol. The monoisotopic (exact) mass is 379 g/mol. The molecular formula is C21H33NO3S. The van der Waals surface area contributed by atoms with Crippen LogP contribution in [0.3, 0.4) is 0 Å². The predicted octanol–water partition coefficient (Wildman–Crippen LogP) is 5.98. The van der Waals surface area contributed by atoms with Crippen molar-refractivity contribution in [3.63, 3.8) is 0 Å². The van der Waals surface area contributed by atoms with Crippen molar-refractivity contribution >= 4 is 28.2 Å². The molecule has 1 fully saturated rings. The maximum atomic E-state index is 12.5. The smallest absolute Gasteiger partial charge is 0.341 e. The van der Waals surface area contributed by atoms with Crippen LogP contribution in [0, 0.1) is 11.3 Å². The minimum Gasteiger partial charge on any atom is -0.462 e. The van der Waals surface area contributed by atoms with Crippen LogP contribution in [-0.4, -0.2) is 18.5 Å². The minimum absolute atomic E-state index is 0.0133. The summed E-state index contributed by atoms with van der Waals surface area (Å²) in [5.74, 6) is 0.474. The molecule has 1 aromatic heterocycles. The number of nitrogens with one attached hydrogen (secondary N) is 1. The SMILES string of the molecule is CCOC(=O)c1cc([C@H](C)CC(C)(C)C)sc1NC(=O)CC1CCCC1. The fourth-order valence-corrected chi connectivity index (χ4v) is 4.89. The average Bonchev–Trinajstić information content (AvgIpc) is 3.15. The fraction of sp³-hybridized carbons (Fsp3) is 0.714. The van der Waals surface area contributed by atoms with Gasteiger partial charge in [-0.2, -0.15) is 0 Å². The summed E-state index contributed by atoms with van der Waals surface area (Å²) in [4.78, 5) is 25.9. The van der Waals surface area contributed by atoms with Crippen molar-refractivity contribution in [3.05, 3.63) is 16.5 Å². The summed E-state index contributed by atoms with van der Waals surface area (Å²) < 4.78 is 5.19. The van der Waals surface area contributed by atoms with Gasteiger partial charge in [0.05, 0.1) is 12.2 Å². The van der Waals surface area contributed by atoms with Crippen molar-refractivity contribution in [2.45, 2.75) is 79.1 Å². The summed E-state index contributed by atoms with van der Waals surface area (Å²) in [5.41, 5.74) is 0.701. The van der Waals surface area contributed by atoms with E-state index >= 15 is 0 Å². The van der Waals surface area contributed by atoms with Crippen molar-refractivity contribution < 1.29 is 14.3 Å². The first-order chi connectivity index (χ1) is 12.2. The third-order valence-corrected chi connectivity index (χ3v) is 6.13. The van der Waals surface area contributed by atoms with Crippen LogP contribution in [0.2, 0.25) is 0 Å². The number of anilines is 1. The Bertz CT molecular complexity index is 624. The quantitative estimate of drug-likeness (QED) is 0.593. The number of thiophene rings is 1. The molecule has 1 atom stereocenters. The highest BCUT2D eigenvalue weighted by molar-refractivity contribution is 7.16. The largest absolute Gasteiger partial charge is 0.462 e. The topological polar surface area (TPSA) is 55.4 Å². The highest BCUT2D eigenvalue weighted by Gasteiger charge is 2.25. The third-order valence-electron chi connectivity index (χ3n) is 4.85. The van der Waals surface area contributed by atoms with Gasteiger partial charge in [-0.25, -0.2) is 4.79 Å². The van der Waals surface area contributed by atoms with Crippen LogP contribution >= 0.6 is 11.3 Å². The zero-order valence-corrected chi connectivity index (χ0v) is 17.6. The van der Waals surface area contributed by atoms with Crippen molar-refractivity contribution in [2.75, 3.05) is 11.9 Å². The van der Waals surface area contributed by atoms with Gasteiger partial charge in [-0.15, -0.1) is 11.3 Å². The molecule has 146 valence electrons. The highest BCUT2D eigenvalue weighted by atomic mass is 32.1. The van der Waals surface area contributed by atoms with Crippen molar-refractivity contribution in [1.82, 2.24) is 0 Å². The average molecular weight is 380 g/mol. The lowest BCUT2D eigenvalue weighted by Crippen LogP contribution is -2.16. The maximum Gasteiger partial charge on any atom is 0.341 e. The summed E-state index contributed by atoms with van der Waals surface area (Å²) in [6.07, 6.45) is 6.28. The number of ether oxygens (including phenoxy) is 1. The molecule has 1 aliphatic rings. The second-order valence-corrected chi connectivity index (χ2v) is 9.76. The Morgan fingerprint density at radius 1 is 1.31 bits per heavy atom. The van der Waals surface area contributed by atoms with Crippen LogP contribution in [0.15, 0.2) is 6.07 Å². The van der Waals surface area contributed by atoms with Crippen LogP contribution in [0.1, 0.15) is 94.3 Å². The van der Waals surface area contributed by atoms with E-state index in [4.69, 9.17) is 4.74 Å². The molecule has 5 heteroatoms. The third kappa shape index (κ3) is 6.11. The summed E-state index contributed by atoms with van der Waals surface area (Å²) in [6.45, 7) is 11.0. The first kappa shape index (κ1) is 20.9. The first-order valence-electron chi connectivity index (χ1n) is 9.80. The molecule has 1 N–H and O–H groups in total. The molecule has 0 unspecified atom stereocenters. The number of rotatable bonds is 7. The number of carbonyl (C=O) groups is 2. The highest BCUT2D eigenvalue weighted by Crippen LogP contribution is 2.39. The van der Waals surface area contributed by atoms with Gasteiger partial charge in [-0.05, 0) is 49.5 Å². The maximum absolute atomic E-state index is 12.5. The van der Waals surface area contributed by atoms with Crippen LogP contribution in [0.25, 0.3) is 0 Å². The van der Waals surface area contributed by atoms with Gasteiger partial charge in [0.2, 0.25) is 5.91 Å². The van der Waals surface area contributed by atoms with E-state index in [-0.39, 0.29) is 17.3 Å². The Morgan fingerprint density at radius 3 is 2.54 bits per heavy atom. The standard InChI is InChI=1S/C21H33NO3S/c1-6-25-20(24)16-12-17(14(2)13-21(3,4)5)26-19(16)22-18(23)11-15-9-7-8-10-15/h12,14-15H,6-11,13H2,1-5H3,(H,22,23)/t14-/m1/s1. The molecule has 0 radical (unpaired) electrons. The Hall–Kier alpha value is -1.36. The molecule has 1 heterocycles. The molecule has 0 aromatic carbocycles. The number of amides is 1. The van der Waals surface area contributed by atoms with Gasteiger partial charge in [-0.1, -0.05) is 40.5 Å². The van der Waals surface area contributed by atoms with Gasteiger partial charge >= 0.3 is 5.97 Å². The molecule has 1 aliphatic carbocycles. The van der Waals surface area contributed by atoms with Gasteiger partial charge in [0.15, 0.2) is 0 Å². The van der Waals surface area contributed by atoms with E-state index in [1.807, 2.05) is 6.07 Å². The van der Waals surface area contributed by atoms with Crippen LogP contribution in [-0.2, 0) is 9.53 Å². The lowest BCUT2D eigenvalue weighted by atomic mass is 9.85. The molecule has 1 amide bonds. The van der Waals surface area contributed by atoms with E-state index in [1.54, 1.807) is 6.92 Å². The van der Waals surface area contributed by atoms with Gasteiger partial charge in [-0.3, -0.25) is 4.79 Å². The van der Waals surface area contributed by atoms with Gasteiger partial charge in [0.25, 0.3) is 0 Å². The Balaban J connectivity index is 2.15. The van der Waals surface area contributed by atoms with E-state index in [0.717, 1.165) is 24.1 Å². The van der Waals surface area contributed by atoms with Crippen LogP contribution in [0.4, 0.5) is 5.00 Å². The van der Waals surface area contributed by atoms with Gasteiger partial charge in [0.1, 0.15) is 5.00 Å². The van der Waals surface area contributed by atoms with E-state index in [9.17, 15) is 9.59 Å². The summed E-state index contributed by atoms with van der Waals surface area (Å²) in [7, 11) is 0. The van der Waals surface area contributed by atoms with E-state index < -0.39 is 0 Å². The lowest BCUT2D eigenvalue weighted by Gasteiger charge is -2.22. The minimum atomic E-state index is -0.353. The first-order valence-corrected chi connectivity index (χ1v) is 10.6. The molecule has 4 nitrogen and oxygen atoms in total. The molecule has 1 saturated carbocycles. The number of carbonyl (C=O) groups excluding carboxylic acids is 2. The fourth-order valence-electron chi connectivity index (χ4n) is 3.78. The van der Waals surface area contributed by atoms with Crippen molar-refractivity contribution in [1.29, 1.82) is 0 Å². The predicted molar refractivity (Wildman–Crippen MR) is 108 cm³/mol. The van der Waals surface area contributed by atoms with E-state index in [0.29, 0.717) is 35.4 Å². The number of hydrogen-bond acceptors (Lipinski definition) is 4. The molecule has 1 aromatic rings. The van der Waals surface area contributed by atoms with Gasteiger partial charge < -0.3 is 10.1 Å². The molecule has 26 heavy (non-hydrogen) atoms.